The van der Waals surface area contributed by atoms with Crippen LogP contribution >= 0.6 is 23.1 Å². The van der Waals surface area contributed by atoms with Crippen molar-refractivity contribution >= 4 is 51.7 Å². The van der Waals surface area contributed by atoms with Gasteiger partial charge in [-0.25, -0.2) is 9.78 Å². The number of hydrogen-bond donors (Lipinski definition) is 3. The summed E-state index contributed by atoms with van der Waals surface area (Å²) in [4.78, 5) is 47.0. The molecule has 2 aliphatic heterocycles. The van der Waals surface area contributed by atoms with E-state index in [0.717, 1.165) is 22.7 Å². The van der Waals surface area contributed by atoms with Crippen LogP contribution in [0, 0.1) is 0 Å². The number of rotatable bonds is 6. The van der Waals surface area contributed by atoms with Gasteiger partial charge in [-0.3, -0.25) is 9.59 Å². The number of anilines is 1. The Kier molecular flexibility index (Phi) is 5.35. The molecule has 0 spiro atoms. The number of thiazole rings is 1. The van der Waals surface area contributed by atoms with Crippen molar-refractivity contribution in [2.75, 3.05) is 11.5 Å². The molecule has 2 atom stereocenters. The van der Waals surface area contributed by atoms with Crippen LogP contribution in [-0.4, -0.2) is 61.3 Å². The van der Waals surface area contributed by atoms with Crippen molar-refractivity contribution in [3.05, 3.63) is 22.8 Å². The second-order valence-corrected chi connectivity index (χ2v) is 8.79. The van der Waals surface area contributed by atoms with Gasteiger partial charge in [0.2, 0.25) is 5.60 Å². The highest BCUT2D eigenvalue weighted by atomic mass is 32.2. The van der Waals surface area contributed by atoms with Crippen molar-refractivity contribution < 1.29 is 24.3 Å². The Morgan fingerprint density at radius 3 is 2.82 bits per heavy atom. The third-order valence-electron chi connectivity index (χ3n) is 4.07. The summed E-state index contributed by atoms with van der Waals surface area (Å²) < 4.78 is 0. The number of hydrogen-bond acceptors (Lipinski definition) is 9. The summed E-state index contributed by atoms with van der Waals surface area (Å²) >= 11 is 2.64. The average Bonchev–Trinajstić information content (AvgIpc) is 3.05. The molecule has 0 bridgehead atoms. The van der Waals surface area contributed by atoms with E-state index in [-0.39, 0.29) is 27.8 Å². The van der Waals surface area contributed by atoms with Crippen molar-refractivity contribution in [2.24, 2.45) is 5.16 Å². The highest BCUT2D eigenvalue weighted by Crippen LogP contribution is 2.35. The average molecular weight is 425 g/mol. The minimum Gasteiger partial charge on any atom is -0.478 e. The number of fused-ring (bicyclic) bond motifs is 1. The van der Waals surface area contributed by atoms with Gasteiger partial charge >= 0.3 is 5.97 Å². The number of aromatic nitrogens is 1. The van der Waals surface area contributed by atoms with Crippen molar-refractivity contribution in [3.8, 4) is 0 Å². The molecule has 28 heavy (non-hydrogen) atoms. The van der Waals surface area contributed by atoms with Gasteiger partial charge < -0.3 is 25.9 Å². The molecule has 1 aromatic rings. The van der Waals surface area contributed by atoms with Gasteiger partial charge in [-0.05, 0) is 26.3 Å². The molecule has 0 saturated carbocycles. The van der Waals surface area contributed by atoms with Gasteiger partial charge in [0.25, 0.3) is 11.8 Å². The predicted octanol–water partition coefficient (Wildman–Crippen LogP) is 0.613. The Hall–Kier alpha value is -2.60. The number of aliphatic carboxylic acids is 1. The summed E-state index contributed by atoms with van der Waals surface area (Å²) in [6.45, 7) is 4.52. The maximum absolute atomic E-state index is 12.8. The van der Waals surface area contributed by atoms with E-state index in [1.807, 2.05) is 6.92 Å². The first-order valence-corrected chi connectivity index (χ1v) is 10.2. The standard InChI is InChI=1S/C16H19N5O5S2/c1-7-4-21-12(23)10(13(21)27-5-7)19-11(22)9(8-6-28-15(17)18-8)20-26-16(2,3)14(24)25/h4,6,10,13H,5H2,1-3H3,(H2,17,18)(H,19,22)(H,24,25). The first kappa shape index (κ1) is 20.1. The number of carbonyl (C=O) groups is 3. The van der Waals surface area contributed by atoms with E-state index in [2.05, 4.69) is 15.5 Å². The summed E-state index contributed by atoms with van der Waals surface area (Å²) in [7, 11) is 0. The lowest BCUT2D eigenvalue weighted by Crippen LogP contribution is -2.69. The van der Waals surface area contributed by atoms with Crippen molar-refractivity contribution in [1.82, 2.24) is 15.2 Å². The molecule has 1 saturated heterocycles. The van der Waals surface area contributed by atoms with Crippen LogP contribution in [0.4, 0.5) is 5.13 Å². The van der Waals surface area contributed by atoms with Gasteiger partial charge in [-0.1, -0.05) is 5.16 Å². The Balaban J connectivity index is 1.80. The maximum Gasteiger partial charge on any atom is 0.350 e. The molecular weight excluding hydrogens is 406 g/mol. The molecule has 0 radical (unpaired) electrons. The smallest absolute Gasteiger partial charge is 0.350 e. The normalized spacial score (nSPS) is 22.1. The van der Waals surface area contributed by atoms with Crippen LogP contribution in [0.3, 0.4) is 0 Å². The fourth-order valence-corrected chi connectivity index (χ4v) is 4.19. The second kappa shape index (κ2) is 7.43. The molecule has 3 rings (SSSR count). The molecule has 4 N–H and O–H groups in total. The third kappa shape index (κ3) is 3.83. The monoisotopic (exact) mass is 425 g/mol. The van der Waals surface area contributed by atoms with Gasteiger partial charge in [0.05, 0.1) is 0 Å². The van der Waals surface area contributed by atoms with Crippen LogP contribution in [0.15, 0.2) is 22.3 Å². The molecule has 0 aromatic carbocycles. The zero-order valence-electron chi connectivity index (χ0n) is 15.3. The van der Waals surface area contributed by atoms with Gasteiger partial charge in [-0.2, -0.15) is 0 Å². The molecule has 150 valence electrons. The lowest BCUT2D eigenvalue weighted by molar-refractivity contribution is -0.161. The Labute approximate surface area is 168 Å². The molecule has 10 nitrogen and oxygen atoms in total. The molecule has 1 aromatic heterocycles. The molecular formula is C16H19N5O5S2. The SMILES string of the molecule is CC1=CN2C(=O)C(NC(=O)C(=NOC(C)(C)C(=O)O)c3csc(N)n3)C2SC1. The summed E-state index contributed by atoms with van der Waals surface area (Å²) in [5, 5.41) is 17.0. The lowest BCUT2D eigenvalue weighted by atomic mass is 10.1. The van der Waals surface area contributed by atoms with Crippen molar-refractivity contribution in [2.45, 2.75) is 37.8 Å². The lowest BCUT2D eigenvalue weighted by Gasteiger charge is -2.47. The van der Waals surface area contributed by atoms with Gasteiger partial charge in [-0.15, -0.1) is 23.1 Å². The minimum atomic E-state index is -1.66. The van der Waals surface area contributed by atoms with Crippen LogP contribution in [-0.2, 0) is 19.2 Å². The molecule has 1 fully saturated rings. The number of carbonyl (C=O) groups excluding carboxylic acids is 2. The molecule has 12 heteroatoms. The number of carboxylic acid groups (broad SMARTS) is 1. The summed E-state index contributed by atoms with van der Waals surface area (Å²) in [6, 6.07) is -0.712. The molecule has 3 heterocycles. The predicted molar refractivity (Wildman–Crippen MR) is 105 cm³/mol. The zero-order chi connectivity index (χ0) is 20.6. The van der Waals surface area contributed by atoms with Crippen LogP contribution in [0.5, 0.6) is 0 Å². The number of nitrogen functional groups attached to an aromatic ring is 1. The highest BCUT2D eigenvalue weighted by molar-refractivity contribution is 8.00. The quantitative estimate of drug-likeness (QED) is 0.341. The first-order valence-electron chi connectivity index (χ1n) is 8.23. The number of amides is 2. The number of nitrogens with one attached hydrogen (secondary N) is 1. The number of carboxylic acids is 1. The van der Waals surface area contributed by atoms with Crippen LogP contribution in [0.25, 0.3) is 0 Å². The van der Waals surface area contributed by atoms with Crippen molar-refractivity contribution in [1.29, 1.82) is 0 Å². The third-order valence-corrected chi connectivity index (χ3v) is 6.20. The largest absolute Gasteiger partial charge is 0.478 e. The highest BCUT2D eigenvalue weighted by Gasteiger charge is 2.49. The molecule has 0 aliphatic carbocycles. The fraction of sp³-hybridized carbons (Fsp3) is 0.438. The Morgan fingerprint density at radius 2 is 2.21 bits per heavy atom. The zero-order valence-corrected chi connectivity index (χ0v) is 17.0. The number of oxime groups is 1. The van der Waals surface area contributed by atoms with E-state index in [4.69, 9.17) is 15.7 Å². The van der Waals surface area contributed by atoms with Crippen LogP contribution in [0.1, 0.15) is 26.5 Å². The van der Waals surface area contributed by atoms with E-state index in [1.165, 1.54) is 19.2 Å². The Morgan fingerprint density at radius 1 is 1.50 bits per heavy atom. The second-order valence-electron chi connectivity index (χ2n) is 6.79. The van der Waals surface area contributed by atoms with Crippen molar-refractivity contribution in [3.63, 3.8) is 0 Å². The number of β-lactam (4-membered cyclic amide) rings is 1. The van der Waals surface area contributed by atoms with Gasteiger partial charge in [0.15, 0.2) is 10.8 Å². The topological polar surface area (TPSA) is 147 Å². The summed E-state index contributed by atoms with van der Waals surface area (Å²) in [5.74, 6) is -1.41. The van der Waals surface area contributed by atoms with E-state index in [0.29, 0.717) is 0 Å². The Bertz CT molecular complexity index is 894. The summed E-state index contributed by atoms with van der Waals surface area (Å²) in [5.41, 5.74) is 4.93. The minimum absolute atomic E-state index is 0.136. The van der Waals surface area contributed by atoms with Gasteiger partial charge in [0.1, 0.15) is 17.1 Å². The fourth-order valence-electron chi connectivity index (χ4n) is 2.43. The van der Waals surface area contributed by atoms with E-state index in [9.17, 15) is 14.4 Å². The van der Waals surface area contributed by atoms with E-state index >= 15 is 0 Å². The first-order chi connectivity index (χ1) is 13.1. The number of nitrogens with two attached hydrogens (primary N) is 1. The van der Waals surface area contributed by atoms with Gasteiger partial charge in [0, 0.05) is 17.3 Å². The molecule has 2 amide bonds. The molecule has 2 aliphatic rings. The van der Waals surface area contributed by atoms with E-state index < -0.39 is 23.5 Å². The maximum atomic E-state index is 12.8. The van der Waals surface area contributed by atoms with Crippen LogP contribution < -0.4 is 11.1 Å². The number of thioether (sulfide) groups is 1. The van der Waals surface area contributed by atoms with Crippen LogP contribution in [0.2, 0.25) is 0 Å². The summed E-state index contributed by atoms with van der Waals surface area (Å²) in [6.07, 6.45) is 1.78. The van der Waals surface area contributed by atoms with E-state index in [1.54, 1.807) is 22.9 Å². The molecule has 2 unspecified atom stereocenters. The number of nitrogens with zero attached hydrogens (tertiary/aromatic N) is 3.